The highest BCUT2D eigenvalue weighted by Crippen LogP contribution is 2.27. The fourth-order valence-corrected chi connectivity index (χ4v) is 4.04. The van der Waals surface area contributed by atoms with Crippen molar-refractivity contribution in [3.05, 3.63) is 83.7 Å². The zero-order valence-corrected chi connectivity index (χ0v) is 19.0. The van der Waals surface area contributed by atoms with E-state index in [2.05, 4.69) is 19.2 Å². The number of alkyl halides is 1. The van der Waals surface area contributed by atoms with Gasteiger partial charge in [-0.15, -0.1) is 0 Å². The van der Waals surface area contributed by atoms with Crippen LogP contribution in [0.1, 0.15) is 48.9 Å². The van der Waals surface area contributed by atoms with Crippen LogP contribution < -0.4 is 16.9 Å². The molecule has 1 fully saturated rings. The molecule has 1 saturated heterocycles. The maximum atomic E-state index is 14.3. The Balaban J connectivity index is 1.82. The number of hydrogen-bond acceptors (Lipinski definition) is 5. The molecule has 2 aromatic carbocycles. The number of amides is 2. The van der Waals surface area contributed by atoms with Crippen molar-refractivity contribution < 1.29 is 14.0 Å². The van der Waals surface area contributed by atoms with Crippen molar-refractivity contribution in [1.82, 2.24) is 15.2 Å². The molecule has 0 spiro atoms. The number of benzene rings is 2. The Morgan fingerprint density at radius 1 is 1.12 bits per heavy atom. The molecule has 176 valence electrons. The molecule has 8 heteroatoms. The van der Waals surface area contributed by atoms with Gasteiger partial charge in [-0.1, -0.05) is 68.4 Å². The SMILES string of the molecule is CC(C)c1ccc([C@@H](NC(=O)[C@@H]2C[C@@H](F)CN2C(=O)CN(N)/C=C\N)c2ccccc2)cc1. The Morgan fingerprint density at radius 2 is 1.73 bits per heavy atom. The summed E-state index contributed by atoms with van der Waals surface area (Å²) in [7, 11) is 0. The molecule has 2 amide bonds. The molecule has 1 heterocycles. The molecular formula is C25H32FN5O2. The number of likely N-dealkylation sites (tertiary alicyclic amines) is 1. The van der Waals surface area contributed by atoms with Crippen LogP contribution in [-0.2, 0) is 9.59 Å². The first-order valence-electron chi connectivity index (χ1n) is 11.1. The Bertz CT molecular complexity index is 965. The zero-order chi connectivity index (χ0) is 24.0. The molecule has 0 unspecified atom stereocenters. The number of nitrogens with one attached hydrogen (secondary N) is 1. The molecule has 33 heavy (non-hydrogen) atoms. The standard InChI is InChI=1S/C25H32FN5O2/c1-17(2)18-8-10-20(11-9-18)24(19-6-4-3-5-7-19)29-25(33)22-14-21(26)15-31(22)23(32)16-30(28)13-12-27/h3-13,17,21-22,24H,14-16,27-28H2,1-2H3,(H,29,33)/b13-12-/t21-,22+,24+/m1/s1. The second-order valence-corrected chi connectivity index (χ2v) is 8.58. The lowest BCUT2D eigenvalue weighted by Gasteiger charge is -2.28. The Morgan fingerprint density at radius 3 is 2.33 bits per heavy atom. The zero-order valence-electron chi connectivity index (χ0n) is 19.0. The molecule has 5 N–H and O–H groups in total. The summed E-state index contributed by atoms with van der Waals surface area (Å²) in [6, 6.07) is 16.3. The first kappa shape index (κ1) is 24.3. The van der Waals surface area contributed by atoms with Crippen molar-refractivity contribution in [1.29, 1.82) is 0 Å². The fraction of sp³-hybridized carbons (Fsp3) is 0.360. The average molecular weight is 454 g/mol. The van der Waals surface area contributed by atoms with Crippen molar-refractivity contribution in [3.63, 3.8) is 0 Å². The van der Waals surface area contributed by atoms with Gasteiger partial charge in [-0.3, -0.25) is 9.59 Å². The number of rotatable bonds is 8. The summed E-state index contributed by atoms with van der Waals surface area (Å²) < 4.78 is 14.3. The number of hydrogen-bond donors (Lipinski definition) is 3. The third-order valence-corrected chi connectivity index (χ3v) is 5.82. The molecule has 0 aromatic heterocycles. The van der Waals surface area contributed by atoms with E-state index in [1.54, 1.807) is 0 Å². The number of nitrogens with two attached hydrogens (primary N) is 2. The molecule has 3 atom stereocenters. The van der Waals surface area contributed by atoms with Crippen LogP contribution in [0, 0.1) is 0 Å². The van der Waals surface area contributed by atoms with Crippen LogP contribution >= 0.6 is 0 Å². The Kier molecular flexibility index (Phi) is 8.06. The summed E-state index contributed by atoms with van der Waals surface area (Å²) in [4.78, 5) is 27.3. The van der Waals surface area contributed by atoms with Crippen LogP contribution in [0.5, 0.6) is 0 Å². The second kappa shape index (κ2) is 11.0. The lowest BCUT2D eigenvalue weighted by Crippen LogP contribution is -2.50. The summed E-state index contributed by atoms with van der Waals surface area (Å²) in [5.74, 6) is 5.25. The van der Waals surface area contributed by atoms with E-state index in [0.29, 0.717) is 5.92 Å². The largest absolute Gasteiger partial charge is 0.403 e. The van der Waals surface area contributed by atoms with Crippen molar-refractivity contribution in [2.75, 3.05) is 13.1 Å². The molecule has 0 radical (unpaired) electrons. The van der Waals surface area contributed by atoms with Crippen LogP contribution in [-0.4, -0.2) is 47.0 Å². The maximum Gasteiger partial charge on any atom is 0.244 e. The van der Waals surface area contributed by atoms with E-state index in [-0.39, 0.29) is 19.5 Å². The monoisotopic (exact) mass is 453 g/mol. The van der Waals surface area contributed by atoms with Crippen LogP contribution in [0.25, 0.3) is 0 Å². The van der Waals surface area contributed by atoms with E-state index in [4.69, 9.17) is 11.6 Å². The van der Waals surface area contributed by atoms with Crippen molar-refractivity contribution in [2.45, 2.75) is 44.4 Å². The van der Waals surface area contributed by atoms with Gasteiger partial charge in [0, 0.05) is 18.8 Å². The van der Waals surface area contributed by atoms with Gasteiger partial charge in [0.05, 0.1) is 12.6 Å². The molecule has 2 aromatic rings. The van der Waals surface area contributed by atoms with E-state index in [0.717, 1.165) is 16.1 Å². The van der Waals surface area contributed by atoms with Gasteiger partial charge < -0.3 is 21.0 Å². The van der Waals surface area contributed by atoms with Crippen molar-refractivity contribution >= 4 is 11.8 Å². The van der Waals surface area contributed by atoms with Gasteiger partial charge in [-0.05, 0) is 22.6 Å². The summed E-state index contributed by atoms with van der Waals surface area (Å²) in [5.41, 5.74) is 8.30. The van der Waals surface area contributed by atoms with E-state index in [1.807, 2.05) is 54.6 Å². The summed E-state index contributed by atoms with van der Waals surface area (Å²) >= 11 is 0. The van der Waals surface area contributed by atoms with Crippen LogP contribution in [0.3, 0.4) is 0 Å². The Hall–Kier alpha value is -3.39. The number of carbonyl (C=O) groups excluding carboxylic acids is 2. The summed E-state index contributed by atoms with van der Waals surface area (Å²) in [6.07, 6.45) is 1.21. The van der Waals surface area contributed by atoms with Gasteiger partial charge in [-0.25, -0.2) is 10.2 Å². The topological polar surface area (TPSA) is 105 Å². The molecule has 1 aliphatic heterocycles. The lowest BCUT2D eigenvalue weighted by atomic mass is 9.95. The normalized spacial score (nSPS) is 19.1. The predicted octanol–water partition coefficient (Wildman–Crippen LogP) is 2.56. The highest BCUT2D eigenvalue weighted by molar-refractivity contribution is 5.89. The van der Waals surface area contributed by atoms with E-state index in [1.165, 1.54) is 22.9 Å². The summed E-state index contributed by atoms with van der Waals surface area (Å²) in [6.45, 7) is 3.89. The summed E-state index contributed by atoms with van der Waals surface area (Å²) in [5, 5.41) is 4.15. The lowest BCUT2D eigenvalue weighted by molar-refractivity contribution is -0.139. The van der Waals surface area contributed by atoms with Crippen molar-refractivity contribution in [3.8, 4) is 0 Å². The first-order chi connectivity index (χ1) is 15.8. The minimum absolute atomic E-state index is 0.0529. The first-order valence-corrected chi connectivity index (χ1v) is 11.1. The van der Waals surface area contributed by atoms with E-state index in [9.17, 15) is 14.0 Å². The maximum absolute atomic E-state index is 14.3. The molecular weight excluding hydrogens is 421 g/mol. The van der Waals surface area contributed by atoms with Crippen LogP contribution in [0.4, 0.5) is 4.39 Å². The minimum Gasteiger partial charge on any atom is -0.403 e. The highest BCUT2D eigenvalue weighted by Gasteiger charge is 2.40. The van der Waals surface area contributed by atoms with Gasteiger partial charge in [0.25, 0.3) is 0 Å². The second-order valence-electron chi connectivity index (χ2n) is 8.58. The quantitative estimate of drug-likeness (QED) is 0.421. The molecule has 0 bridgehead atoms. The molecule has 0 aliphatic carbocycles. The molecule has 0 saturated carbocycles. The number of carbonyl (C=O) groups is 2. The average Bonchev–Trinajstić information content (AvgIpc) is 3.20. The van der Waals surface area contributed by atoms with Crippen LogP contribution in [0.2, 0.25) is 0 Å². The number of hydrazine groups is 1. The van der Waals surface area contributed by atoms with Gasteiger partial charge >= 0.3 is 0 Å². The third-order valence-electron chi connectivity index (χ3n) is 5.82. The van der Waals surface area contributed by atoms with Crippen LogP contribution in [0.15, 0.2) is 67.0 Å². The Labute approximate surface area is 194 Å². The molecule has 3 rings (SSSR count). The van der Waals surface area contributed by atoms with Crippen molar-refractivity contribution in [2.24, 2.45) is 11.6 Å². The number of halogens is 1. The highest BCUT2D eigenvalue weighted by atomic mass is 19.1. The fourth-order valence-electron chi connectivity index (χ4n) is 4.04. The third kappa shape index (κ3) is 6.10. The van der Waals surface area contributed by atoms with Gasteiger partial charge in [-0.2, -0.15) is 0 Å². The molecule has 7 nitrogen and oxygen atoms in total. The number of nitrogens with zero attached hydrogens (tertiary/aromatic N) is 2. The molecule has 1 aliphatic rings. The van der Waals surface area contributed by atoms with Gasteiger partial charge in [0.15, 0.2) is 0 Å². The minimum atomic E-state index is -1.28. The van der Waals surface area contributed by atoms with E-state index >= 15 is 0 Å². The van der Waals surface area contributed by atoms with E-state index < -0.39 is 30.1 Å². The van der Waals surface area contributed by atoms with Gasteiger partial charge in [0.1, 0.15) is 18.8 Å². The van der Waals surface area contributed by atoms with Gasteiger partial charge in [0.2, 0.25) is 11.8 Å². The predicted molar refractivity (Wildman–Crippen MR) is 126 cm³/mol. The smallest absolute Gasteiger partial charge is 0.244 e.